The molecule has 0 aliphatic rings. The molecule has 0 fully saturated rings. The van der Waals surface area contributed by atoms with Gasteiger partial charge in [0.2, 0.25) is 17.6 Å². The van der Waals surface area contributed by atoms with Crippen molar-refractivity contribution >= 4 is 5.91 Å². The molecule has 3 aromatic rings. The van der Waals surface area contributed by atoms with E-state index in [0.717, 1.165) is 28.1 Å². The smallest absolute Gasteiger partial charge is 0.227 e. The summed E-state index contributed by atoms with van der Waals surface area (Å²) in [5, 5.41) is 13.9. The molecule has 0 saturated carbocycles. The summed E-state index contributed by atoms with van der Waals surface area (Å²) in [6.45, 7) is 6.33. The van der Waals surface area contributed by atoms with Crippen LogP contribution < -0.4 is 5.32 Å². The van der Waals surface area contributed by atoms with Gasteiger partial charge >= 0.3 is 0 Å². The first-order chi connectivity index (χ1) is 12.0. The Bertz CT molecular complexity index is 862. The molecule has 7 nitrogen and oxygen atoms in total. The second kappa shape index (κ2) is 7.29. The van der Waals surface area contributed by atoms with Crippen molar-refractivity contribution in [3.05, 3.63) is 52.7 Å². The third-order valence-electron chi connectivity index (χ3n) is 4.05. The van der Waals surface area contributed by atoms with Gasteiger partial charge in [0.1, 0.15) is 0 Å². The number of hydrogen-bond donors (Lipinski definition) is 2. The van der Waals surface area contributed by atoms with Crippen molar-refractivity contribution in [3.63, 3.8) is 0 Å². The van der Waals surface area contributed by atoms with Crippen LogP contribution in [0.25, 0.3) is 11.4 Å². The minimum Gasteiger partial charge on any atom is -0.352 e. The Labute approximate surface area is 145 Å². The van der Waals surface area contributed by atoms with Crippen LogP contribution in [-0.2, 0) is 17.8 Å². The fourth-order valence-corrected chi connectivity index (χ4v) is 2.59. The number of aromatic amines is 1. The molecule has 130 valence electrons. The van der Waals surface area contributed by atoms with Crippen molar-refractivity contribution in [2.24, 2.45) is 0 Å². The summed E-state index contributed by atoms with van der Waals surface area (Å²) in [5.74, 6) is 0.946. The molecule has 25 heavy (non-hydrogen) atoms. The number of nitrogens with zero attached hydrogens (tertiary/aromatic N) is 3. The van der Waals surface area contributed by atoms with Crippen molar-refractivity contribution in [3.8, 4) is 11.4 Å². The van der Waals surface area contributed by atoms with Crippen molar-refractivity contribution in [2.45, 2.75) is 40.2 Å². The van der Waals surface area contributed by atoms with Crippen molar-refractivity contribution < 1.29 is 9.32 Å². The van der Waals surface area contributed by atoms with Crippen LogP contribution in [0.5, 0.6) is 0 Å². The molecule has 0 aliphatic carbocycles. The minimum atomic E-state index is -0.0599. The number of benzene rings is 1. The highest BCUT2D eigenvalue weighted by atomic mass is 16.5. The van der Waals surface area contributed by atoms with Crippen molar-refractivity contribution in [1.82, 2.24) is 25.7 Å². The van der Waals surface area contributed by atoms with Gasteiger partial charge in [-0.2, -0.15) is 10.1 Å². The van der Waals surface area contributed by atoms with Crippen LogP contribution in [-0.4, -0.2) is 26.2 Å². The minimum absolute atomic E-state index is 0.0599. The van der Waals surface area contributed by atoms with Gasteiger partial charge in [-0.1, -0.05) is 28.9 Å². The molecule has 2 heterocycles. The van der Waals surface area contributed by atoms with Gasteiger partial charge in [-0.05, 0) is 26.8 Å². The maximum absolute atomic E-state index is 12.0. The summed E-state index contributed by atoms with van der Waals surface area (Å²) < 4.78 is 5.24. The number of carbonyl (C=O) groups excluding carboxylic acids is 1. The van der Waals surface area contributed by atoms with Crippen LogP contribution in [0.1, 0.15) is 34.8 Å². The lowest BCUT2D eigenvalue weighted by molar-refractivity contribution is -0.121. The summed E-state index contributed by atoms with van der Waals surface area (Å²) in [6, 6.07) is 7.90. The molecule has 0 bridgehead atoms. The van der Waals surface area contributed by atoms with Gasteiger partial charge in [0.25, 0.3) is 0 Å². The predicted molar refractivity (Wildman–Crippen MR) is 92.7 cm³/mol. The molecule has 7 heteroatoms. The third kappa shape index (κ3) is 4.12. The number of amides is 1. The van der Waals surface area contributed by atoms with E-state index in [1.54, 1.807) is 0 Å². The normalized spacial score (nSPS) is 10.8. The van der Waals surface area contributed by atoms with Crippen LogP contribution >= 0.6 is 0 Å². The van der Waals surface area contributed by atoms with E-state index in [1.165, 1.54) is 0 Å². The highest BCUT2D eigenvalue weighted by Gasteiger charge is 2.12. The molecule has 2 N–H and O–H groups in total. The maximum Gasteiger partial charge on any atom is 0.227 e. The Morgan fingerprint density at radius 3 is 2.84 bits per heavy atom. The van der Waals surface area contributed by atoms with Gasteiger partial charge in [-0.3, -0.25) is 9.89 Å². The van der Waals surface area contributed by atoms with E-state index in [2.05, 4.69) is 25.7 Å². The summed E-state index contributed by atoms with van der Waals surface area (Å²) in [4.78, 5) is 16.4. The van der Waals surface area contributed by atoms with E-state index in [4.69, 9.17) is 4.52 Å². The molecule has 0 spiro atoms. The lowest BCUT2D eigenvalue weighted by Gasteiger charge is -2.04. The number of H-pyrrole nitrogens is 1. The third-order valence-corrected chi connectivity index (χ3v) is 4.05. The van der Waals surface area contributed by atoms with E-state index in [9.17, 15) is 4.79 Å². The number of aryl methyl sites for hydroxylation is 4. The topological polar surface area (TPSA) is 96.7 Å². The number of hydrogen-bond acceptors (Lipinski definition) is 5. The lowest BCUT2D eigenvalue weighted by Crippen LogP contribution is -2.23. The Hall–Kier alpha value is -2.96. The van der Waals surface area contributed by atoms with Crippen LogP contribution in [0.15, 0.2) is 28.8 Å². The number of rotatable bonds is 6. The second-order valence-electron chi connectivity index (χ2n) is 6.07. The van der Waals surface area contributed by atoms with Crippen molar-refractivity contribution in [2.75, 3.05) is 0 Å². The molecule has 1 amide bonds. The van der Waals surface area contributed by atoms with Gasteiger partial charge in [0.15, 0.2) is 0 Å². The zero-order valence-electron chi connectivity index (χ0n) is 14.6. The van der Waals surface area contributed by atoms with E-state index < -0.39 is 0 Å². The van der Waals surface area contributed by atoms with Gasteiger partial charge in [-0.15, -0.1) is 0 Å². The predicted octanol–water partition coefficient (Wildman–Crippen LogP) is 2.63. The molecule has 3 rings (SSSR count). The fraction of sp³-hybridized carbons (Fsp3) is 0.333. The number of aromatic nitrogens is 4. The molecule has 0 aliphatic heterocycles. The first kappa shape index (κ1) is 16.9. The molecule has 0 saturated heterocycles. The molecule has 0 atom stereocenters. The zero-order chi connectivity index (χ0) is 17.8. The highest BCUT2D eigenvalue weighted by molar-refractivity contribution is 5.76. The quantitative estimate of drug-likeness (QED) is 0.719. The first-order valence-corrected chi connectivity index (χ1v) is 8.19. The lowest BCUT2D eigenvalue weighted by atomic mass is 10.1. The van der Waals surface area contributed by atoms with Crippen molar-refractivity contribution in [1.29, 1.82) is 0 Å². The van der Waals surface area contributed by atoms with E-state index in [-0.39, 0.29) is 5.91 Å². The van der Waals surface area contributed by atoms with Crippen LogP contribution in [0.2, 0.25) is 0 Å². The molecule has 0 unspecified atom stereocenters. The summed E-state index contributed by atoms with van der Waals surface area (Å²) in [6.07, 6.45) is 0.708. The maximum atomic E-state index is 12.0. The van der Waals surface area contributed by atoms with E-state index >= 15 is 0 Å². The largest absolute Gasteiger partial charge is 0.352 e. The molecular formula is C18H21N5O2. The van der Waals surface area contributed by atoms with Gasteiger partial charge < -0.3 is 9.84 Å². The number of nitrogens with one attached hydrogen (secondary N) is 2. The van der Waals surface area contributed by atoms with Gasteiger partial charge in [0.05, 0.1) is 5.69 Å². The Kier molecular flexibility index (Phi) is 4.92. The summed E-state index contributed by atoms with van der Waals surface area (Å²) >= 11 is 0. The zero-order valence-corrected chi connectivity index (χ0v) is 14.6. The summed E-state index contributed by atoms with van der Waals surface area (Å²) in [5.41, 5.74) is 4.93. The van der Waals surface area contributed by atoms with E-state index in [0.29, 0.717) is 31.1 Å². The summed E-state index contributed by atoms with van der Waals surface area (Å²) in [7, 11) is 0. The molecular weight excluding hydrogens is 318 g/mol. The average Bonchev–Trinajstić information content (AvgIpc) is 3.19. The Morgan fingerprint density at radius 1 is 1.28 bits per heavy atom. The molecule has 2 aromatic heterocycles. The number of carbonyl (C=O) groups is 1. The molecule has 0 radical (unpaired) electrons. The Morgan fingerprint density at radius 2 is 2.12 bits per heavy atom. The first-order valence-electron chi connectivity index (χ1n) is 8.19. The van der Waals surface area contributed by atoms with Crippen LogP contribution in [0, 0.1) is 20.8 Å². The van der Waals surface area contributed by atoms with Crippen LogP contribution in [0.4, 0.5) is 0 Å². The van der Waals surface area contributed by atoms with Gasteiger partial charge in [0, 0.05) is 36.2 Å². The van der Waals surface area contributed by atoms with Crippen LogP contribution in [0.3, 0.4) is 0 Å². The average molecular weight is 339 g/mol. The van der Waals surface area contributed by atoms with E-state index in [1.807, 2.05) is 45.0 Å². The SMILES string of the molecule is Cc1cccc(-c2noc(CCC(=O)NCc3c(C)n[nH]c3C)n2)c1. The Balaban J connectivity index is 1.53. The fourth-order valence-electron chi connectivity index (χ4n) is 2.59. The van der Waals surface area contributed by atoms with Gasteiger partial charge in [-0.25, -0.2) is 0 Å². The highest BCUT2D eigenvalue weighted by Crippen LogP contribution is 2.17. The molecule has 1 aromatic carbocycles. The second-order valence-corrected chi connectivity index (χ2v) is 6.07. The monoisotopic (exact) mass is 339 g/mol. The standard InChI is InChI=1S/C18H21N5O2/c1-11-5-4-6-14(9-11)18-20-17(25-23-18)8-7-16(24)19-10-15-12(2)21-22-13(15)3/h4-6,9H,7-8,10H2,1-3H3,(H,19,24)(H,21,22).